The molecule has 0 bridgehead atoms. The number of carboxylic acid groups (broad SMARTS) is 1. The second kappa shape index (κ2) is 7.97. The van der Waals surface area contributed by atoms with Crippen LogP contribution in [0, 0.1) is 5.92 Å². The average molecular weight is 300 g/mol. The number of amides is 2. The lowest BCUT2D eigenvalue weighted by Gasteiger charge is -2.32. The molecule has 1 heterocycles. The average Bonchev–Trinajstić information content (AvgIpc) is 2.44. The van der Waals surface area contributed by atoms with Gasteiger partial charge in [-0.05, 0) is 26.7 Å². The molecule has 1 saturated heterocycles. The number of carbonyl (C=O) groups excluding carboxylic acids is 2. The van der Waals surface area contributed by atoms with Crippen LogP contribution in [0.4, 0.5) is 0 Å². The van der Waals surface area contributed by atoms with Crippen molar-refractivity contribution in [2.24, 2.45) is 5.92 Å². The Morgan fingerprint density at radius 1 is 1.38 bits per heavy atom. The first-order valence-electron chi connectivity index (χ1n) is 7.17. The van der Waals surface area contributed by atoms with Crippen molar-refractivity contribution in [2.75, 3.05) is 33.3 Å². The zero-order valence-corrected chi connectivity index (χ0v) is 12.9. The summed E-state index contributed by atoms with van der Waals surface area (Å²) in [7, 11) is 1.54. The highest BCUT2D eigenvalue weighted by Crippen LogP contribution is 2.16. The standard InChI is InChI=1S/C14H24N2O5/c1-10(2)21-9-13(18)15(3)8-12(17)16-6-4-5-11(7-16)14(19)20/h10-11H,4-9H2,1-3H3,(H,19,20). The second-order valence-corrected chi connectivity index (χ2v) is 5.63. The van der Waals surface area contributed by atoms with Crippen LogP contribution in [0.25, 0.3) is 0 Å². The molecule has 1 rings (SSSR count). The molecule has 0 spiro atoms. The summed E-state index contributed by atoms with van der Waals surface area (Å²) in [6, 6.07) is 0. The topological polar surface area (TPSA) is 87.2 Å². The van der Waals surface area contributed by atoms with Crippen molar-refractivity contribution in [1.29, 1.82) is 0 Å². The van der Waals surface area contributed by atoms with Gasteiger partial charge in [-0.25, -0.2) is 0 Å². The maximum absolute atomic E-state index is 12.1. The molecule has 1 aliphatic heterocycles. The van der Waals surface area contributed by atoms with Gasteiger partial charge in [-0.15, -0.1) is 0 Å². The fourth-order valence-corrected chi connectivity index (χ4v) is 2.14. The molecule has 1 aliphatic rings. The molecule has 0 aromatic carbocycles. The van der Waals surface area contributed by atoms with Gasteiger partial charge in [-0.3, -0.25) is 14.4 Å². The smallest absolute Gasteiger partial charge is 0.308 e. The van der Waals surface area contributed by atoms with E-state index in [1.54, 1.807) is 7.05 Å². The maximum atomic E-state index is 12.1. The number of nitrogens with zero attached hydrogens (tertiary/aromatic N) is 2. The van der Waals surface area contributed by atoms with E-state index >= 15 is 0 Å². The number of likely N-dealkylation sites (N-methyl/N-ethyl adjacent to an activating group) is 1. The molecule has 7 nitrogen and oxygen atoms in total. The minimum atomic E-state index is -0.873. The molecular formula is C14H24N2O5. The van der Waals surface area contributed by atoms with Crippen LogP contribution < -0.4 is 0 Å². The van der Waals surface area contributed by atoms with Crippen LogP contribution in [-0.2, 0) is 19.1 Å². The van der Waals surface area contributed by atoms with Gasteiger partial charge in [0.1, 0.15) is 6.61 Å². The lowest BCUT2D eigenvalue weighted by molar-refractivity contribution is -0.148. The van der Waals surface area contributed by atoms with Crippen LogP contribution in [0.15, 0.2) is 0 Å². The highest BCUT2D eigenvalue weighted by molar-refractivity contribution is 5.85. The van der Waals surface area contributed by atoms with Gasteiger partial charge in [0.25, 0.3) is 0 Å². The number of aliphatic carboxylic acids is 1. The van der Waals surface area contributed by atoms with Crippen molar-refractivity contribution in [3.8, 4) is 0 Å². The Balaban J connectivity index is 2.44. The van der Waals surface area contributed by atoms with Crippen LogP contribution in [-0.4, -0.2) is 72.1 Å². The Labute approximate surface area is 124 Å². The van der Waals surface area contributed by atoms with Crippen molar-refractivity contribution in [1.82, 2.24) is 9.80 Å². The summed E-state index contributed by atoms with van der Waals surface area (Å²) >= 11 is 0. The fraction of sp³-hybridized carbons (Fsp3) is 0.786. The summed E-state index contributed by atoms with van der Waals surface area (Å²) in [5.74, 6) is -1.86. The number of piperidine rings is 1. The Morgan fingerprint density at radius 2 is 2.05 bits per heavy atom. The van der Waals surface area contributed by atoms with Crippen LogP contribution in [0.5, 0.6) is 0 Å². The van der Waals surface area contributed by atoms with Crippen LogP contribution in [0.3, 0.4) is 0 Å². The lowest BCUT2D eigenvalue weighted by Crippen LogP contribution is -2.47. The number of hydrogen-bond acceptors (Lipinski definition) is 4. The Hall–Kier alpha value is -1.63. The minimum absolute atomic E-state index is 0.0449. The second-order valence-electron chi connectivity index (χ2n) is 5.63. The van der Waals surface area contributed by atoms with Crippen molar-refractivity contribution >= 4 is 17.8 Å². The Morgan fingerprint density at radius 3 is 2.62 bits per heavy atom. The molecular weight excluding hydrogens is 276 g/mol. The summed E-state index contributed by atoms with van der Waals surface area (Å²) < 4.78 is 5.21. The molecule has 0 aliphatic carbocycles. The normalized spacial score (nSPS) is 18.7. The molecule has 2 amide bonds. The number of rotatable bonds is 6. The largest absolute Gasteiger partial charge is 0.481 e. The van der Waals surface area contributed by atoms with Gasteiger partial charge in [0.2, 0.25) is 11.8 Å². The van der Waals surface area contributed by atoms with Crippen LogP contribution in [0.1, 0.15) is 26.7 Å². The summed E-state index contributed by atoms with van der Waals surface area (Å²) in [6.07, 6.45) is 1.23. The van der Waals surface area contributed by atoms with Crippen molar-refractivity contribution < 1.29 is 24.2 Å². The van der Waals surface area contributed by atoms with E-state index in [1.807, 2.05) is 13.8 Å². The quantitative estimate of drug-likeness (QED) is 0.757. The number of likely N-dealkylation sites (tertiary alicyclic amines) is 1. The van der Waals surface area contributed by atoms with E-state index in [0.29, 0.717) is 19.4 Å². The van der Waals surface area contributed by atoms with E-state index in [1.165, 1.54) is 9.80 Å². The van der Waals surface area contributed by atoms with Gasteiger partial charge in [0.15, 0.2) is 0 Å². The predicted molar refractivity (Wildman–Crippen MR) is 75.7 cm³/mol. The molecule has 120 valence electrons. The molecule has 0 saturated carbocycles. The zero-order chi connectivity index (χ0) is 16.0. The number of ether oxygens (including phenoxy) is 1. The van der Waals surface area contributed by atoms with E-state index < -0.39 is 11.9 Å². The van der Waals surface area contributed by atoms with Gasteiger partial charge in [0.05, 0.1) is 18.6 Å². The molecule has 1 fully saturated rings. The summed E-state index contributed by atoms with van der Waals surface area (Å²) in [5.41, 5.74) is 0. The van der Waals surface area contributed by atoms with E-state index in [4.69, 9.17) is 9.84 Å². The summed E-state index contributed by atoms with van der Waals surface area (Å²) in [6.45, 7) is 4.33. The monoisotopic (exact) mass is 300 g/mol. The Kier molecular flexibility index (Phi) is 6.61. The molecule has 1 atom stereocenters. The third-order valence-electron chi connectivity index (χ3n) is 3.46. The summed E-state index contributed by atoms with van der Waals surface area (Å²) in [4.78, 5) is 37.7. The third-order valence-corrected chi connectivity index (χ3v) is 3.46. The first-order valence-corrected chi connectivity index (χ1v) is 7.17. The van der Waals surface area contributed by atoms with Crippen LogP contribution in [0.2, 0.25) is 0 Å². The molecule has 0 aromatic heterocycles. The third kappa shape index (κ3) is 5.71. The first-order chi connectivity index (χ1) is 9.81. The molecule has 1 N–H and O–H groups in total. The highest BCUT2D eigenvalue weighted by atomic mass is 16.5. The highest BCUT2D eigenvalue weighted by Gasteiger charge is 2.28. The van der Waals surface area contributed by atoms with E-state index in [-0.39, 0.29) is 37.6 Å². The van der Waals surface area contributed by atoms with Gasteiger partial charge in [-0.1, -0.05) is 0 Å². The number of hydrogen-bond donors (Lipinski definition) is 1. The minimum Gasteiger partial charge on any atom is -0.481 e. The lowest BCUT2D eigenvalue weighted by atomic mass is 9.98. The Bertz CT molecular complexity index is 397. The number of carbonyl (C=O) groups is 3. The zero-order valence-electron chi connectivity index (χ0n) is 12.9. The molecule has 21 heavy (non-hydrogen) atoms. The van der Waals surface area contributed by atoms with E-state index in [9.17, 15) is 14.4 Å². The number of carboxylic acids is 1. The fourth-order valence-electron chi connectivity index (χ4n) is 2.14. The van der Waals surface area contributed by atoms with Crippen molar-refractivity contribution in [3.05, 3.63) is 0 Å². The SMILES string of the molecule is CC(C)OCC(=O)N(C)CC(=O)N1CCCC(C(=O)O)C1. The van der Waals surface area contributed by atoms with Gasteiger partial charge in [-0.2, -0.15) is 0 Å². The summed E-state index contributed by atoms with van der Waals surface area (Å²) in [5, 5.41) is 9.01. The molecule has 0 aromatic rings. The van der Waals surface area contributed by atoms with Crippen LogP contribution >= 0.6 is 0 Å². The molecule has 7 heteroatoms. The predicted octanol–water partition coefficient (Wildman–Crippen LogP) is 0.193. The maximum Gasteiger partial charge on any atom is 0.308 e. The van der Waals surface area contributed by atoms with Gasteiger partial charge < -0.3 is 19.6 Å². The van der Waals surface area contributed by atoms with Gasteiger partial charge in [0, 0.05) is 20.1 Å². The first kappa shape index (κ1) is 17.4. The van der Waals surface area contributed by atoms with Crippen molar-refractivity contribution in [3.63, 3.8) is 0 Å². The van der Waals surface area contributed by atoms with E-state index in [0.717, 1.165) is 0 Å². The van der Waals surface area contributed by atoms with Gasteiger partial charge >= 0.3 is 5.97 Å². The van der Waals surface area contributed by atoms with Crippen molar-refractivity contribution in [2.45, 2.75) is 32.8 Å². The molecule has 1 unspecified atom stereocenters. The van der Waals surface area contributed by atoms with E-state index in [2.05, 4.69) is 0 Å². The molecule has 0 radical (unpaired) electrons.